The Balaban J connectivity index is 2.38. The summed E-state index contributed by atoms with van der Waals surface area (Å²) < 4.78 is 52.9. The number of benzene rings is 2. The molecule has 0 atom stereocenters. The predicted octanol–water partition coefficient (Wildman–Crippen LogP) is 3.08. The van der Waals surface area contributed by atoms with Crippen molar-refractivity contribution in [2.75, 3.05) is 11.1 Å². The molecule has 2 aromatic carbocycles. The summed E-state index contributed by atoms with van der Waals surface area (Å²) in [6.45, 7) is 0. The fourth-order valence-electron chi connectivity index (χ4n) is 1.54. The molecular weight excluding hydrogens is 276 g/mol. The molecule has 0 aliphatic rings. The van der Waals surface area contributed by atoms with E-state index >= 15 is 0 Å². The fourth-order valence-corrected chi connectivity index (χ4v) is 1.54. The number of hydrogen-bond acceptors (Lipinski definition) is 2. The molecule has 0 heterocycles. The highest BCUT2D eigenvalue weighted by molar-refractivity contribution is 6.06. The van der Waals surface area contributed by atoms with Crippen LogP contribution in [0, 0.1) is 23.3 Å². The van der Waals surface area contributed by atoms with Crippen molar-refractivity contribution in [1.29, 1.82) is 0 Å². The lowest BCUT2D eigenvalue weighted by Crippen LogP contribution is -2.16. The third kappa shape index (κ3) is 2.56. The molecule has 0 aliphatic carbocycles. The number of amides is 1. The molecule has 1 amide bonds. The van der Waals surface area contributed by atoms with Crippen LogP contribution in [0.4, 0.5) is 28.9 Å². The van der Waals surface area contributed by atoms with E-state index in [1.54, 1.807) is 0 Å². The Morgan fingerprint density at radius 3 is 2.35 bits per heavy atom. The third-order valence-electron chi connectivity index (χ3n) is 2.54. The van der Waals surface area contributed by atoms with Crippen molar-refractivity contribution in [2.24, 2.45) is 0 Å². The molecule has 0 bridgehead atoms. The Bertz CT molecular complexity index is 688. The van der Waals surface area contributed by atoms with Gasteiger partial charge in [0.25, 0.3) is 5.91 Å². The van der Waals surface area contributed by atoms with Gasteiger partial charge in [-0.3, -0.25) is 4.79 Å². The van der Waals surface area contributed by atoms with Crippen LogP contribution in [0.15, 0.2) is 30.3 Å². The van der Waals surface area contributed by atoms with Gasteiger partial charge in [0.1, 0.15) is 17.3 Å². The largest absolute Gasteiger partial charge is 0.397 e. The van der Waals surface area contributed by atoms with E-state index < -0.39 is 40.4 Å². The van der Waals surface area contributed by atoms with E-state index in [1.807, 2.05) is 5.32 Å². The van der Waals surface area contributed by atoms with Crippen LogP contribution in [-0.2, 0) is 0 Å². The van der Waals surface area contributed by atoms with E-state index in [9.17, 15) is 22.4 Å². The van der Waals surface area contributed by atoms with Crippen molar-refractivity contribution in [3.63, 3.8) is 0 Å². The number of halogens is 4. The number of carbonyl (C=O) groups excluding carboxylic acids is 1. The Morgan fingerprint density at radius 2 is 1.65 bits per heavy atom. The van der Waals surface area contributed by atoms with Crippen LogP contribution in [-0.4, -0.2) is 5.91 Å². The average Bonchev–Trinajstić information content (AvgIpc) is 2.41. The normalized spacial score (nSPS) is 10.4. The van der Waals surface area contributed by atoms with Gasteiger partial charge in [0.05, 0.1) is 11.3 Å². The monoisotopic (exact) mass is 284 g/mol. The van der Waals surface area contributed by atoms with Crippen LogP contribution in [0.3, 0.4) is 0 Å². The lowest BCUT2D eigenvalue weighted by molar-refractivity contribution is 0.102. The summed E-state index contributed by atoms with van der Waals surface area (Å²) in [6, 6.07) is 4.02. The van der Waals surface area contributed by atoms with Crippen LogP contribution >= 0.6 is 0 Å². The number of carbonyl (C=O) groups is 1. The molecule has 0 fully saturated rings. The van der Waals surface area contributed by atoms with E-state index in [4.69, 9.17) is 5.73 Å². The third-order valence-corrected chi connectivity index (χ3v) is 2.54. The number of rotatable bonds is 2. The number of nitrogens with one attached hydrogen (secondary N) is 1. The van der Waals surface area contributed by atoms with Gasteiger partial charge >= 0.3 is 0 Å². The lowest BCUT2D eigenvalue weighted by atomic mass is 10.1. The van der Waals surface area contributed by atoms with Crippen LogP contribution in [0.2, 0.25) is 0 Å². The summed E-state index contributed by atoms with van der Waals surface area (Å²) in [6.07, 6.45) is 0. The van der Waals surface area contributed by atoms with Gasteiger partial charge < -0.3 is 11.1 Å². The van der Waals surface area contributed by atoms with Gasteiger partial charge in [0.2, 0.25) is 0 Å². The summed E-state index contributed by atoms with van der Waals surface area (Å²) in [4.78, 5) is 11.7. The zero-order valence-corrected chi connectivity index (χ0v) is 9.88. The van der Waals surface area contributed by atoms with Crippen molar-refractivity contribution in [3.05, 3.63) is 59.2 Å². The highest BCUT2D eigenvalue weighted by atomic mass is 19.2. The second kappa shape index (κ2) is 5.20. The van der Waals surface area contributed by atoms with E-state index in [2.05, 4.69) is 0 Å². The van der Waals surface area contributed by atoms with Crippen LogP contribution in [0.5, 0.6) is 0 Å². The maximum atomic E-state index is 13.5. The molecule has 0 radical (unpaired) electrons. The Morgan fingerprint density at radius 1 is 1.00 bits per heavy atom. The first-order valence-electron chi connectivity index (χ1n) is 5.40. The SMILES string of the molecule is Nc1ccc(F)c(F)c1NC(=O)c1cc(F)ccc1F. The minimum absolute atomic E-state index is 0.242. The summed E-state index contributed by atoms with van der Waals surface area (Å²) in [5.74, 6) is -5.59. The van der Waals surface area contributed by atoms with Crippen molar-refractivity contribution >= 4 is 17.3 Å². The van der Waals surface area contributed by atoms with Gasteiger partial charge in [-0.05, 0) is 30.3 Å². The molecule has 0 spiro atoms. The molecule has 0 unspecified atom stereocenters. The first-order valence-corrected chi connectivity index (χ1v) is 5.40. The smallest absolute Gasteiger partial charge is 0.258 e. The van der Waals surface area contributed by atoms with Gasteiger partial charge in [-0.1, -0.05) is 0 Å². The average molecular weight is 284 g/mol. The highest BCUT2D eigenvalue weighted by Crippen LogP contribution is 2.25. The number of hydrogen-bond donors (Lipinski definition) is 2. The second-order valence-electron chi connectivity index (χ2n) is 3.90. The van der Waals surface area contributed by atoms with Crippen molar-refractivity contribution in [2.45, 2.75) is 0 Å². The topological polar surface area (TPSA) is 55.1 Å². The standard InChI is InChI=1S/C13H8F4N2O/c14-6-1-2-8(15)7(5-6)13(20)19-12-10(18)4-3-9(16)11(12)17/h1-5H,18H2,(H,19,20). The summed E-state index contributed by atoms with van der Waals surface area (Å²) in [5.41, 5.74) is 3.88. The fraction of sp³-hybridized carbons (Fsp3) is 0. The zero-order chi connectivity index (χ0) is 14.9. The first kappa shape index (κ1) is 13.9. The van der Waals surface area contributed by atoms with Gasteiger partial charge in [0, 0.05) is 0 Å². The lowest BCUT2D eigenvalue weighted by Gasteiger charge is -2.10. The summed E-state index contributed by atoms with van der Waals surface area (Å²) in [7, 11) is 0. The Hall–Kier alpha value is -2.57. The van der Waals surface area contributed by atoms with Crippen molar-refractivity contribution < 1.29 is 22.4 Å². The molecule has 3 N–H and O–H groups in total. The molecule has 0 saturated heterocycles. The maximum absolute atomic E-state index is 13.5. The van der Waals surface area contributed by atoms with E-state index in [1.165, 1.54) is 0 Å². The quantitative estimate of drug-likeness (QED) is 0.657. The van der Waals surface area contributed by atoms with Crippen LogP contribution in [0.1, 0.15) is 10.4 Å². The number of anilines is 2. The molecule has 20 heavy (non-hydrogen) atoms. The van der Waals surface area contributed by atoms with E-state index in [0.717, 1.165) is 24.3 Å². The Kier molecular flexibility index (Phi) is 3.60. The molecule has 0 aliphatic heterocycles. The van der Waals surface area contributed by atoms with Crippen LogP contribution < -0.4 is 11.1 Å². The molecule has 104 valence electrons. The number of nitrogen functional groups attached to an aromatic ring is 1. The zero-order valence-electron chi connectivity index (χ0n) is 9.88. The molecular formula is C13H8F4N2O. The molecule has 2 aromatic rings. The summed E-state index contributed by atoms with van der Waals surface area (Å²) >= 11 is 0. The molecule has 3 nitrogen and oxygen atoms in total. The van der Waals surface area contributed by atoms with Gasteiger partial charge in [-0.15, -0.1) is 0 Å². The van der Waals surface area contributed by atoms with Crippen molar-refractivity contribution in [1.82, 2.24) is 0 Å². The maximum Gasteiger partial charge on any atom is 0.258 e. The van der Waals surface area contributed by atoms with Gasteiger partial charge in [-0.25, -0.2) is 17.6 Å². The molecule has 7 heteroatoms. The second-order valence-corrected chi connectivity index (χ2v) is 3.90. The minimum atomic E-state index is -1.38. The van der Waals surface area contributed by atoms with Gasteiger partial charge in [-0.2, -0.15) is 0 Å². The minimum Gasteiger partial charge on any atom is -0.397 e. The summed E-state index contributed by atoms with van der Waals surface area (Å²) in [5, 5.41) is 1.92. The molecule has 2 rings (SSSR count). The highest BCUT2D eigenvalue weighted by Gasteiger charge is 2.18. The first-order chi connectivity index (χ1) is 9.40. The Labute approximate surface area is 111 Å². The predicted molar refractivity (Wildman–Crippen MR) is 65.1 cm³/mol. The van der Waals surface area contributed by atoms with Crippen LogP contribution in [0.25, 0.3) is 0 Å². The molecule has 0 saturated carbocycles. The van der Waals surface area contributed by atoms with E-state index in [0.29, 0.717) is 6.07 Å². The number of nitrogens with two attached hydrogens (primary N) is 1. The van der Waals surface area contributed by atoms with E-state index in [-0.39, 0.29) is 5.69 Å². The molecule has 0 aromatic heterocycles. The van der Waals surface area contributed by atoms with Crippen molar-refractivity contribution in [3.8, 4) is 0 Å². The van der Waals surface area contributed by atoms with Gasteiger partial charge in [0.15, 0.2) is 11.6 Å².